The van der Waals surface area contributed by atoms with Crippen LogP contribution in [-0.4, -0.2) is 22.3 Å². The maximum absolute atomic E-state index is 12.5. The van der Waals surface area contributed by atoms with Crippen LogP contribution in [0.25, 0.3) is 0 Å². The summed E-state index contributed by atoms with van der Waals surface area (Å²) in [6.45, 7) is 0. The molecule has 2 rings (SSSR count). The minimum absolute atomic E-state index is 0.0320. The third-order valence-corrected chi connectivity index (χ3v) is 3.02. The molecule has 0 amide bonds. The predicted molar refractivity (Wildman–Crippen MR) is 78.9 cm³/mol. The van der Waals surface area contributed by atoms with Crippen LogP contribution in [0.5, 0.6) is 0 Å². The number of hydrazone groups is 1. The Balaban J connectivity index is 2.17. The summed E-state index contributed by atoms with van der Waals surface area (Å²) >= 11 is 5.71. The Morgan fingerprint density at radius 3 is 2.65 bits per heavy atom. The zero-order valence-electron chi connectivity index (χ0n) is 11.3. The highest BCUT2D eigenvalue weighted by Crippen LogP contribution is 2.32. The van der Waals surface area contributed by atoms with Crippen LogP contribution in [0.3, 0.4) is 0 Å². The summed E-state index contributed by atoms with van der Waals surface area (Å²) < 4.78 is 37.5. The largest absolute Gasteiger partial charge is 0.478 e. The van der Waals surface area contributed by atoms with E-state index in [9.17, 15) is 18.0 Å². The van der Waals surface area contributed by atoms with Crippen molar-refractivity contribution >= 4 is 29.6 Å². The molecule has 2 aromatic rings. The van der Waals surface area contributed by atoms with Gasteiger partial charge in [0.2, 0.25) is 0 Å². The van der Waals surface area contributed by atoms with Crippen molar-refractivity contribution in [3.05, 3.63) is 58.2 Å². The first-order valence-electron chi connectivity index (χ1n) is 6.13. The van der Waals surface area contributed by atoms with Gasteiger partial charge >= 0.3 is 12.1 Å². The third-order valence-electron chi connectivity index (χ3n) is 2.73. The highest BCUT2D eigenvalue weighted by atomic mass is 35.5. The summed E-state index contributed by atoms with van der Waals surface area (Å²) in [5, 5.41) is 12.5. The highest BCUT2D eigenvalue weighted by Gasteiger charge is 2.31. The van der Waals surface area contributed by atoms with Crippen LogP contribution in [0.2, 0.25) is 5.02 Å². The van der Waals surface area contributed by atoms with E-state index >= 15 is 0 Å². The number of carboxylic acid groups (broad SMARTS) is 1. The number of carboxylic acids is 1. The van der Waals surface area contributed by atoms with E-state index in [0.29, 0.717) is 11.8 Å². The number of anilines is 1. The first-order chi connectivity index (χ1) is 10.8. The standard InChI is InChI=1S/C14H9ClF3N3O2/c15-11-5-9(14(16,17)18)7-19-12(11)21-20-6-8-3-1-2-4-10(8)13(22)23/h1-7H,(H,19,21)(H,22,23)/b20-6+. The van der Waals surface area contributed by atoms with Gasteiger partial charge in [-0.05, 0) is 12.1 Å². The summed E-state index contributed by atoms with van der Waals surface area (Å²) in [4.78, 5) is 14.6. The molecule has 0 aliphatic carbocycles. The van der Waals surface area contributed by atoms with Crippen molar-refractivity contribution in [3.63, 3.8) is 0 Å². The van der Waals surface area contributed by atoms with Gasteiger partial charge in [-0.3, -0.25) is 5.43 Å². The quantitative estimate of drug-likeness (QED) is 0.652. The van der Waals surface area contributed by atoms with Gasteiger partial charge in [-0.2, -0.15) is 18.3 Å². The van der Waals surface area contributed by atoms with Gasteiger partial charge in [-0.25, -0.2) is 9.78 Å². The second-order valence-corrected chi connectivity index (χ2v) is 4.72. The molecule has 0 fully saturated rings. The number of halogens is 4. The Hall–Kier alpha value is -2.61. The lowest BCUT2D eigenvalue weighted by molar-refractivity contribution is -0.137. The maximum atomic E-state index is 12.5. The fourth-order valence-corrected chi connectivity index (χ4v) is 1.85. The van der Waals surface area contributed by atoms with Crippen LogP contribution in [0.15, 0.2) is 41.6 Å². The summed E-state index contributed by atoms with van der Waals surface area (Å²) in [6, 6.07) is 6.82. The number of benzene rings is 1. The predicted octanol–water partition coefficient (Wildman–Crippen LogP) is 3.90. The first kappa shape index (κ1) is 16.8. The van der Waals surface area contributed by atoms with Crippen molar-refractivity contribution in [1.82, 2.24) is 4.98 Å². The summed E-state index contributed by atoms with van der Waals surface area (Å²) in [7, 11) is 0. The van der Waals surface area contributed by atoms with E-state index in [1.54, 1.807) is 12.1 Å². The van der Waals surface area contributed by atoms with Crippen LogP contribution >= 0.6 is 11.6 Å². The molecule has 1 heterocycles. The third kappa shape index (κ3) is 4.19. The van der Waals surface area contributed by atoms with Crippen LogP contribution in [0.1, 0.15) is 21.5 Å². The normalized spacial score (nSPS) is 11.7. The van der Waals surface area contributed by atoms with Gasteiger partial charge in [0.1, 0.15) is 0 Å². The number of rotatable bonds is 4. The molecule has 0 aliphatic rings. The number of hydrogen-bond donors (Lipinski definition) is 2. The molecule has 0 saturated carbocycles. The first-order valence-corrected chi connectivity index (χ1v) is 6.51. The fraction of sp³-hybridized carbons (Fsp3) is 0.0714. The Labute approximate surface area is 133 Å². The van der Waals surface area contributed by atoms with Crippen molar-refractivity contribution in [2.75, 3.05) is 5.43 Å². The molecule has 0 radical (unpaired) electrons. The molecule has 1 aromatic carbocycles. The maximum Gasteiger partial charge on any atom is 0.417 e. The molecule has 1 aromatic heterocycles. The van der Waals surface area contributed by atoms with Gasteiger partial charge in [-0.1, -0.05) is 29.8 Å². The van der Waals surface area contributed by atoms with Crippen LogP contribution < -0.4 is 5.43 Å². The molecule has 0 bridgehead atoms. The SMILES string of the molecule is O=C(O)c1ccccc1/C=N/Nc1ncc(C(F)(F)F)cc1Cl. The van der Waals surface area contributed by atoms with Crippen LogP contribution in [0.4, 0.5) is 19.0 Å². The number of pyridine rings is 1. The minimum Gasteiger partial charge on any atom is -0.478 e. The Bertz CT molecular complexity index is 763. The monoisotopic (exact) mass is 343 g/mol. The summed E-state index contributed by atoms with van der Waals surface area (Å²) in [6.07, 6.45) is -2.72. The lowest BCUT2D eigenvalue weighted by Gasteiger charge is -2.08. The Morgan fingerprint density at radius 2 is 2.04 bits per heavy atom. The van der Waals surface area contributed by atoms with E-state index in [0.717, 1.165) is 6.07 Å². The van der Waals surface area contributed by atoms with E-state index in [2.05, 4.69) is 15.5 Å². The molecule has 120 valence electrons. The number of aromatic nitrogens is 1. The van der Waals surface area contributed by atoms with Gasteiger partial charge in [0, 0.05) is 11.8 Å². The fourth-order valence-electron chi connectivity index (χ4n) is 1.64. The number of alkyl halides is 3. The molecule has 0 spiro atoms. The van der Waals surface area contributed by atoms with Gasteiger partial charge in [-0.15, -0.1) is 0 Å². The van der Waals surface area contributed by atoms with Crippen molar-refractivity contribution in [3.8, 4) is 0 Å². The number of carbonyl (C=O) groups is 1. The molecule has 9 heteroatoms. The van der Waals surface area contributed by atoms with Crippen molar-refractivity contribution in [1.29, 1.82) is 0 Å². The molecule has 0 unspecified atom stereocenters. The molecule has 0 atom stereocenters. The number of hydrogen-bond acceptors (Lipinski definition) is 4. The van der Waals surface area contributed by atoms with Gasteiger partial charge in [0.05, 0.1) is 22.4 Å². The average Bonchev–Trinajstić information content (AvgIpc) is 2.48. The average molecular weight is 344 g/mol. The van der Waals surface area contributed by atoms with Gasteiger partial charge < -0.3 is 5.11 Å². The zero-order valence-corrected chi connectivity index (χ0v) is 12.1. The Kier molecular flexibility index (Phi) is 4.85. The van der Waals surface area contributed by atoms with E-state index in [1.807, 2.05) is 0 Å². The van der Waals surface area contributed by atoms with Crippen molar-refractivity contribution in [2.24, 2.45) is 5.10 Å². The number of nitrogens with zero attached hydrogens (tertiary/aromatic N) is 2. The summed E-state index contributed by atoms with van der Waals surface area (Å²) in [5.41, 5.74) is 1.74. The molecular formula is C14H9ClF3N3O2. The summed E-state index contributed by atoms with van der Waals surface area (Å²) in [5.74, 6) is -1.21. The minimum atomic E-state index is -4.54. The second-order valence-electron chi connectivity index (χ2n) is 4.31. The van der Waals surface area contributed by atoms with Crippen LogP contribution in [-0.2, 0) is 6.18 Å². The second kappa shape index (κ2) is 6.66. The molecule has 0 aliphatic heterocycles. The van der Waals surface area contributed by atoms with E-state index < -0.39 is 17.7 Å². The van der Waals surface area contributed by atoms with E-state index in [-0.39, 0.29) is 16.4 Å². The molecule has 23 heavy (non-hydrogen) atoms. The lowest BCUT2D eigenvalue weighted by atomic mass is 10.1. The molecule has 0 saturated heterocycles. The molecular weight excluding hydrogens is 335 g/mol. The smallest absolute Gasteiger partial charge is 0.417 e. The topological polar surface area (TPSA) is 74.6 Å². The van der Waals surface area contributed by atoms with Gasteiger partial charge in [0.25, 0.3) is 0 Å². The number of aromatic carboxylic acids is 1. The van der Waals surface area contributed by atoms with Crippen LogP contribution in [0, 0.1) is 0 Å². The molecule has 2 N–H and O–H groups in total. The Morgan fingerprint density at radius 1 is 1.35 bits per heavy atom. The molecule has 5 nitrogen and oxygen atoms in total. The number of nitrogens with one attached hydrogen (secondary N) is 1. The van der Waals surface area contributed by atoms with Crippen molar-refractivity contribution < 1.29 is 23.1 Å². The van der Waals surface area contributed by atoms with Crippen molar-refractivity contribution in [2.45, 2.75) is 6.18 Å². The zero-order chi connectivity index (χ0) is 17.0. The van der Waals surface area contributed by atoms with E-state index in [1.165, 1.54) is 18.3 Å². The van der Waals surface area contributed by atoms with Gasteiger partial charge in [0.15, 0.2) is 5.82 Å². The van der Waals surface area contributed by atoms with E-state index in [4.69, 9.17) is 16.7 Å². The lowest BCUT2D eigenvalue weighted by Crippen LogP contribution is -2.06. The highest BCUT2D eigenvalue weighted by molar-refractivity contribution is 6.33.